The predicted molar refractivity (Wildman–Crippen MR) is 84.5 cm³/mol. The fraction of sp³-hybridized carbons (Fsp3) is 0.267. The van der Waals surface area contributed by atoms with Crippen LogP contribution in [-0.2, 0) is 9.59 Å². The molecule has 0 unspecified atom stereocenters. The smallest absolute Gasteiger partial charge is 0.322 e. The lowest BCUT2D eigenvalue weighted by Crippen LogP contribution is -2.33. The van der Waals surface area contributed by atoms with Crippen molar-refractivity contribution in [3.05, 3.63) is 35.8 Å². The fourth-order valence-electron chi connectivity index (χ4n) is 2.45. The number of aromatic nitrogens is 3. The third kappa shape index (κ3) is 3.24. The Kier molecular flexibility index (Phi) is 3.98. The molecule has 0 spiro atoms. The van der Waals surface area contributed by atoms with Crippen LogP contribution in [0.1, 0.15) is 17.8 Å². The molecule has 9 nitrogen and oxygen atoms in total. The summed E-state index contributed by atoms with van der Waals surface area (Å²) in [7, 11) is 0. The highest BCUT2D eigenvalue weighted by Crippen LogP contribution is 2.13. The van der Waals surface area contributed by atoms with Crippen LogP contribution in [0.3, 0.4) is 0 Å². The Balaban J connectivity index is 1.64. The summed E-state index contributed by atoms with van der Waals surface area (Å²) in [5, 5.41) is 11.4. The number of hydrogen-bond acceptors (Lipinski definition) is 5. The topological polar surface area (TPSA) is 118 Å². The molecule has 9 heteroatoms. The quantitative estimate of drug-likeness (QED) is 0.703. The highest BCUT2D eigenvalue weighted by atomic mass is 16.2. The number of carbonyl (C=O) groups excluding carboxylic acids is 3. The van der Waals surface area contributed by atoms with Crippen LogP contribution in [-0.4, -0.2) is 38.7 Å². The van der Waals surface area contributed by atoms with E-state index in [-0.39, 0.29) is 6.42 Å². The zero-order valence-corrected chi connectivity index (χ0v) is 13.2. The maximum atomic E-state index is 11.9. The summed E-state index contributed by atoms with van der Waals surface area (Å²) in [6.07, 6.45) is 1.37. The molecule has 1 saturated heterocycles. The van der Waals surface area contributed by atoms with E-state index < -0.39 is 23.9 Å². The van der Waals surface area contributed by atoms with E-state index in [0.717, 1.165) is 11.4 Å². The van der Waals surface area contributed by atoms with Crippen molar-refractivity contribution in [2.24, 2.45) is 0 Å². The number of aryl methyl sites for hydroxylation is 2. The second kappa shape index (κ2) is 6.11. The molecule has 0 bridgehead atoms. The molecule has 0 saturated carbocycles. The highest BCUT2D eigenvalue weighted by molar-refractivity contribution is 6.06. The van der Waals surface area contributed by atoms with Gasteiger partial charge in [0.2, 0.25) is 5.91 Å². The molecule has 2 aromatic heterocycles. The number of hydrogen-bond donors (Lipinski definition) is 3. The lowest BCUT2D eigenvalue weighted by Gasteiger charge is -2.09. The van der Waals surface area contributed by atoms with E-state index in [0.29, 0.717) is 11.5 Å². The van der Waals surface area contributed by atoms with Crippen molar-refractivity contribution < 1.29 is 14.4 Å². The van der Waals surface area contributed by atoms with E-state index in [2.05, 4.69) is 26.0 Å². The summed E-state index contributed by atoms with van der Waals surface area (Å²) < 4.78 is 1.71. The second-order valence-corrected chi connectivity index (χ2v) is 5.51. The number of pyridine rings is 1. The Hall–Kier alpha value is -3.23. The van der Waals surface area contributed by atoms with E-state index in [1.807, 2.05) is 19.9 Å². The molecular weight excluding hydrogens is 312 g/mol. The Labute approximate surface area is 137 Å². The van der Waals surface area contributed by atoms with Gasteiger partial charge in [0.15, 0.2) is 5.82 Å². The van der Waals surface area contributed by atoms with Gasteiger partial charge in [0, 0.05) is 5.69 Å². The van der Waals surface area contributed by atoms with Gasteiger partial charge in [-0.15, -0.1) is 0 Å². The number of amides is 4. The van der Waals surface area contributed by atoms with E-state index in [1.165, 1.54) is 6.20 Å². The number of urea groups is 1. The highest BCUT2D eigenvalue weighted by Gasteiger charge is 2.31. The zero-order chi connectivity index (χ0) is 17.3. The van der Waals surface area contributed by atoms with Gasteiger partial charge in [0.1, 0.15) is 6.04 Å². The Morgan fingerprint density at radius 1 is 1.33 bits per heavy atom. The van der Waals surface area contributed by atoms with Crippen LogP contribution < -0.4 is 16.0 Å². The van der Waals surface area contributed by atoms with Crippen LogP contribution in [0, 0.1) is 13.8 Å². The molecule has 4 amide bonds. The van der Waals surface area contributed by atoms with Crippen LogP contribution >= 0.6 is 0 Å². The summed E-state index contributed by atoms with van der Waals surface area (Å²) in [4.78, 5) is 38.6. The minimum atomic E-state index is -0.848. The van der Waals surface area contributed by atoms with Crippen molar-refractivity contribution in [1.29, 1.82) is 0 Å². The summed E-state index contributed by atoms with van der Waals surface area (Å²) in [6.45, 7) is 3.83. The summed E-state index contributed by atoms with van der Waals surface area (Å²) in [5.41, 5.74) is 2.35. The Morgan fingerprint density at radius 2 is 2.12 bits per heavy atom. The average Bonchev–Trinajstić information content (AvgIpc) is 3.01. The molecule has 24 heavy (non-hydrogen) atoms. The SMILES string of the molecule is Cc1cc(C)n(-c2ccc(NC(=O)C[C@H]3NC(=O)NC3=O)cn2)n1. The first-order chi connectivity index (χ1) is 11.4. The molecular formula is C15H16N6O3. The maximum absolute atomic E-state index is 11.9. The monoisotopic (exact) mass is 328 g/mol. The van der Waals surface area contributed by atoms with Gasteiger partial charge in [-0.2, -0.15) is 5.10 Å². The van der Waals surface area contributed by atoms with E-state index in [1.54, 1.807) is 16.8 Å². The number of anilines is 1. The average molecular weight is 328 g/mol. The molecule has 0 radical (unpaired) electrons. The van der Waals surface area contributed by atoms with Gasteiger partial charge in [-0.3, -0.25) is 14.9 Å². The second-order valence-electron chi connectivity index (χ2n) is 5.51. The lowest BCUT2D eigenvalue weighted by atomic mass is 10.2. The van der Waals surface area contributed by atoms with Crippen molar-refractivity contribution in [3.63, 3.8) is 0 Å². The summed E-state index contributed by atoms with van der Waals surface area (Å²) in [6, 6.07) is 3.94. The number of rotatable bonds is 4. The first-order valence-corrected chi connectivity index (χ1v) is 7.33. The predicted octanol–water partition coefficient (Wildman–Crippen LogP) is 0.421. The van der Waals surface area contributed by atoms with Gasteiger partial charge >= 0.3 is 6.03 Å². The Morgan fingerprint density at radius 3 is 2.67 bits per heavy atom. The molecule has 3 N–H and O–H groups in total. The minimum absolute atomic E-state index is 0.142. The number of nitrogens with zero attached hydrogens (tertiary/aromatic N) is 3. The summed E-state index contributed by atoms with van der Waals surface area (Å²) >= 11 is 0. The van der Waals surface area contributed by atoms with Crippen molar-refractivity contribution >= 4 is 23.5 Å². The van der Waals surface area contributed by atoms with Gasteiger partial charge in [-0.25, -0.2) is 14.5 Å². The molecule has 1 atom stereocenters. The fourth-order valence-corrected chi connectivity index (χ4v) is 2.45. The molecule has 0 aromatic carbocycles. The van der Waals surface area contributed by atoms with E-state index in [4.69, 9.17) is 0 Å². The molecule has 1 aliphatic heterocycles. The van der Waals surface area contributed by atoms with Crippen LogP contribution in [0.4, 0.5) is 10.5 Å². The molecule has 1 fully saturated rings. The zero-order valence-electron chi connectivity index (χ0n) is 13.2. The van der Waals surface area contributed by atoms with Gasteiger partial charge in [0.05, 0.1) is 24.0 Å². The standard InChI is InChI=1S/C15H16N6O3/c1-8-5-9(2)21(20-8)12-4-3-10(7-16-12)17-13(22)6-11-14(23)19-15(24)18-11/h3-5,7,11H,6H2,1-2H3,(H,17,22)(H2,18,19,23,24)/t11-/m1/s1. The van der Waals surface area contributed by atoms with Crippen LogP contribution in [0.15, 0.2) is 24.4 Å². The third-order valence-electron chi connectivity index (χ3n) is 3.51. The van der Waals surface area contributed by atoms with Gasteiger partial charge < -0.3 is 10.6 Å². The molecule has 3 heterocycles. The molecule has 3 rings (SSSR count). The normalized spacial score (nSPS) is 16.7. The van der Waals surface area contributed by atoms with Crippen LogP contribution in [0.25, 0.3) is 5.82 Å². The third-order valence-corrected chi connectivity index (χ3v) is 3.51. The van der Waals surface area contributed by atoms with Gasteiger partial charge in [-0.1, -0.05) is 0 Å². The van der Waals surface area contributed by atoms with Crippen molar-refractivity contribution in [1.82, 2.24) is 25.4 Å². The first kappa shape index (κ1) is 15.7. The van der Waals surface area contributed by atoms with Crippen LogP contribution in [0.2, 0.25) is 0 Å². The number of nitrogens with one attached hydrogen (secondary N) is 3. The largest absolute Gasteiger partial charge is 0.325 e. The molecule has 0 aliphatic carbocycles. The van der Waals surface area contributed by atoms with Gasteiger partial charge in [-0.05, 0) is 32.0 Å². The van der Waals surface area contributed by atoms with Crippen molar-refractivity contribution in [2.45, 2.75) is 26.3 Å². The number of imide groups is 1. The maximum Gasteiger partial charge on any atom is 0.322 e. The van der Waals surface area contributed by atoms with Crippen LogP contribution in [0.5, 0.6) is 0 Å². The van der Waals surface area contributed by atoms with Crippen molar-refractivity contribution in [2.75, 3.05) is 5.32 Å². The molecule has 124 valence electrons. The van der Waals surface area contributed by atoms with Gasteiger partial charge in [0.25, 0.3) is 5.91 Å². The lowest BCUT2D eigenvalue weighted by molar-refractivity contribution is -0.124. The van der Waals surface area contributed by atoms with E-state index >= 15 is 0 Å². The van der Waals surface area contributed by atoms with Crippen molar-refractivity contribution in [3.8, 4) is 5.82 Å². The Bertz CT molecular complexity index is 811. The molecule has 2 aromatic rings. The minimum Gasteiger partial charge on any atom is -0.325 e. The molecule has 1 aliphatic rings. The first-order valence-electron chi connectivity index (χ1n) is 7.33. The summed E-state index contributed by atoms with van der Waals surface area (Å²) in [5.74, 6) is -0.257. The number of carbonyl (C=O) groups is 3. The van der Waals surface area contributed by atoms with E-state index in [9.17, 15) is 14.4 Å².